The topological polar surface area (TPSA) is 18.5 Å². The molecule has 1 fully saturated rings. The van der Waals surface area contributed by atoms with Gasteiger partial charge in [0.1, 0.15) is 7.85 Å². The third-order valence-electron chi connectivity index (χ3n) is 6.57. The first kappa shape index (κ1) is 26.2. The van der Waals surface area contributed by atoms with E-state index in [1.54, 1.807) is 42.5 Å². The Balaban J connectivity index is 1.52. The molecule has 0 bridgehead atoms. The van der Waals surface area contributed by atoms with Crippen molar-refractivity contribution in [1.82, 2.24) is 0 Å². The van der Waals surface area contributed by atoms with Crippen molar-refractivity contribution >= 4 is 7.85 Å². The van der Waals surface area contributed by atoms with E-state index >= 15 is 4.39 Å². The summed E-state index contributed by atoms with van der Waals surface area (Å²) in [6, 6.07) is 12.6. The second-order valence-electron chi connectivity index (χ2n) is 8.97. The summed E-state index contributed by atoms with van der Waals surface area (Å²) in [7, 11) is 1.93. The number of allylic oxidation sites excluding steroid dienone is 2. The summed E-state index contributed by atoms with van der Waals surface area (Å²) in [5.74, 6) is -4.03. The molecule has 36 heavy (non-hydrogen) atoms. The number of unbranched alkanes of at least 4 members (excludes halogenated alkanes) is 1. The number of ether oxygens (including phenoxy) is 2. The molecule has 4 rings (SSSR count). The molecule has 2 nitrogen and oxygen atoms in total. The minimum atomic E-state index is -0.961. The maximum Gasteiger partial charge on any atom is 0.166 e. The van der Waals surface area contributed by atoms with Gasteiger partial charge in [-0.2, -0.15) is 0 Å². The second kappa shape index (κ2) is 11.9. The molecule has 1 heterocycles. The van der Waals surface area contributed by atoms with E-state index in [0.29, 0.717) is 29.4 Å². The van der Waals surface area contributed by atoms with Gasteiger partial charge in [0.25, 0.3) is 0 Å². The minimum Gasteiger partial charge on any atom is -0.353 e. The van der Waals surface area contributed by atoms with Crippen LogP contribution >= 0.6 is 0 Å². The highest BCUT2D eigenvalue weighted by Gasteiger charge is 2.27. The third kappa shape index (κ3) is 5.58. The lowest BCUT2D eigenvalue weighted by molar-refractivity contribution is -0.176. The van der Waals surface area contributed by atoms with Gasteiger partial charge in [0, 0.05) is 17.0 Å². The maximum absolute atomic E-state index is 15.0. The van der Waals surface area contributed by atoms with Gasteiger partial charge in [-0.3, -0.25) is 0 Å². The van der Waals surface area contributed by atoms with E-state index in [1.165, 1.54) is 6.07 Å². The standard InChI is InChI=1S/C29H29BF4O2/c1-2-3-4-5-6-20-11-12-22(27(32)26(20)31)18-7-9-19(10-8-18)23-13-14-24(29(34)28(23)33)21-16-35-25(15-30)36-17-21/h2-3,7-14,21,25H,4-6,15-17,30H2,1H3/b3-2-. The maximum atomic E-state index is 15.0. The van der Waals surface area contributed by atoms with E-state index in [1.807, 2.05) is 26.9 Å². The number of benzene rings is 3. The van der Waals surface area contributed by atoms with Crippen molar-refractivity contribution in [2.24, 2.45) is 0 Å². The zero-order valence-electron chi connectivity index (χ0n) is 20.5. The van der Waals surface area contributed by atoms with Gasteiger partial charge >= 0.3 is 0 Å². The quantitative estimate of drug-likeness (QED) is 0.145. The number of halogens is 4. The van der Waals surface area contributed by atoms with Crippen molar-refractivity contribution < 1.29 is 27.0 Å². The van der Waals surface area contributed by atoms with E-state index in [2.05, 4.69) is 0 Å². The summed E-state index contributed by atoms with van der Waals surface area (Å²) < 4.78 is 70.5. The molecule has 3 aromatic carbocycles. The highest BCUT2D eigenvalue weighted by Crippen LogP contribution is 2.34. The van der Waals surface area contributed by atoms with Crippen molar-refractivity contribution in [2.75, 3.05) is 13.2 Å². The molecular weight excluding hydrogens is 467 g/mol. The Bertz CT molecular complexity index is 1220. The van der Waals surface area contributed by atoms with Crippen LogP contribution in [0.25, 0.3) is 22.3 Å². The van der Waals surface area contributed by atoms with Gasteiger partial charge in [0.2, 0.25) is 0 Å². The first-order chi connectivity index (χ1) is 17.4. The van der Waals surface area contributed by atoms with Gasteiger partial charge in [0.15, 0.2) is 29.6 Å². The monoisotopic (exact) mass is 496 g/mol. The highest BCUT2D eigenvalue weighted by atomic mass is 19.2. The smallest absolute Gasteiger partial charge is 0.166 e. The van der Waals surface area contributed by atoms with Gasteiger partial charge in [-0.05, 0) is 54.8 Å². The van der Waals surface area contributed by atoms with E-state index in [4.69, 9.17) is 9.47 Å². The summed E-state index contributed by atoms with van der Waals surface area (Å²) in [5, 5.41) is 0. The summed E-state index contributed by atoms with van der Waals surface area (Å²) in [5.41, 5.74) is 1.66. The average molecular weight is 496 g/mol. The molecular formula is C29H29BF4O2. The van der Waals surface area contributed by atoms with Crippen LogP contribution < -0.4 is 0 Å². The summed E-state index contributed by atoms with van der Waals surface area (Å²) in [4.78, 5) is 0. The highest BCUT2D eigenvalue weighted by molar-refractivity contribution is 6.08. The third-order valence-corrected chi connectivity index (χ3v) is 6.57. The van der Waals surface area contributed by atoms with Crippen molar-refractivity contribution in [2.45, 2.75) is 44.7 Å². The molecule has 0 aliphatic carbocycles. The van der Waals surface area contributed by atoms with Crippen molar-refractivity contribution in [3.63, 3.8) is 0 Å². The normalized spacial score (nSPS) is 18.1. The van der Waals surface area contributed by atoms with Crippen LogP contribution in [0.2, 0.25) is 6.32 Å². The van der Waals surface area contributed by atoms with Crippen LogP contribution in [-0.4, -0.2) is 27.4 Å². The predicted octanol–water partition coefficient (Wildman–Crippen LogP) is 6.98. The van der Waals surface area contributed by atoms with E-state index in [0.717, 1.165) is 12.8 Å². The molecule has 7 heteroatoms. The Kier molecular flexibility index (Phi) is 8.65. The van der Waals surface area contributed by atoms with Crippen molar-refractivity contribution in [3.05, 3.63) is 95.1 Å². The lowest BCUT2D eigenvalue weighted by Crippen LogP contribution is -2.31. The van der Waals surface area contributed by atoms with Gasteiger partial charge in [-0.1, -0.05) is 60.7 Å². The molecule has 1 saturated heterocycles. The van der Waals surface area contributed by atoms with Crippen molar-refractivity contribution in [1.29, 1.82) is 0 Å². The Morgan fingerprint density at radius 1 is 0.806 bits per heavy atom. The lowest BCUT2D eigenvalue weighted by atomic mass is 9.94. The van der Waals surface area contributed by atoms with Crippen LogP contribution in [0.15, 0.2) is 60.7 Å². The van der Waals surface area contributed by atoms with Crippen LogP contribution in [0.5, 0.6) is 0 Å². The molecule has 188 valence electrons. The van der Waals surface area contributed by atoms with E-state index < -0.39 is 23.3 Å². The fraction of sp³-hybridized carbons (Fsp3) is 0.310. The van der Waals surface area contributed by atoms with Crippen LogP contribution in [-0.2, 0) is 15.9 Å². The minimum absolute atomic E-state index is 0.0926. The zero-order valence-corrected chi connectivity index (χ0v) is 20.5. The summed E-state index contributed by atoms with van der Waals surface area (Å²) in [6.45, 7) is 2.45. The van der Waals surface area contributed by atoms with Crippen LogP contribution in [0, 0.1) is 23.3 Å². The molecule has 0 radical (unpaired) electrons. The molecule has 0 spiro atoms. The van der Waals surface area contributed by atoms with Crippen LogP contribution in [0.4, 0.5) is 17.6 Å². The first-order valence-electron chi connectivity index (χ1n) is 12.3. The average Bonchev–Trinajstić information content (AvgIpc) is 2.91. The Labute approximate surface area is 210 Å². The molecule has 0 unspecified atom stereocenters. The second-order valence-corrected chi connectivity index (χ2v) is 8.97. The molecule has 1 aliphatic heterocycles. The lowest BCUT2D eigenvalue weighted by Gasteiger charge is -2.29. The van der Waals surface area contributed by atoms with Gasteiger partial charge in [0.05, 0.1) is 13.2 Å². The molecule has 0 aromatic heterocycles. The van der Waals surface area contributed by atoms with Crippen LogP contribution in [0.1, 0.15) is 36.8 Å². The Hall–Kier alpha value is -2.90. The number of aryl methyl sites for hydroxylation is 1. The van der Waals surface area contributed by atoms with Crippen LogP contribution in [0.3, 0.4) is 0 Å². The fourth-order valence-corrected chi connectivity index (χ4v) is 4.47. The molecule has 0 atom stereocenters. The summed E-state index contributed by atoms with van der Waals surface area (Å²) >= 11 is 0. The largest absolute Gasteiger partial charge is 0.353 e. The van der Waals surface area contributed by atoms with Gasteiger partial charge in [-0.15, -0.1) is 0 Å². The zero-order chi connectivity index (χ0) is 25.7. The van der Waals surface area contributed by atoms with E-state index in [9.17, 15) is 13.2 Å². The van der Waals surface area contributed by atoms with E-state index in [-0.39, 0.29) is 42.1 Å². The number of rotatable bonds is 8. The first-order valence-corrected chi connectivity index (χ1v) is 12.3. The fourth-order valence-electron chi connectivity index (χ4n) is 4.47. The SMILES string of the molecule is BCC1OCC(c2ccc(-c3ccc(-c4ccc(CCC/C=C\C)c(F)c4F)cc3)c(F)c2F)CO1. The molecule has 0 saturated carbocycles. The number of hydrogen-bond donors (Lipinski definition) is 0. The molecule has 0 amide bonds. The Morgan fingerprint density at radius 3 is 1.97 bits per heavy atom. The molecule has 1 aliphatic rings. The summed E-state index contributed by atoms with van der Waals surface area (Å²) in [6.07, 6.45) is 6.29. The van der Waals surface area contributed by atoms with Gasteiger partial charge in [-0.25, -0.2) is 17.6 Å². The predicted molar refractivity (Wildman–Crippen MR) is 137 cm³/mol. The van der Waals surface area contributed by atoms with Gasteiger partial charge < -0.3 is 9.47 Å². The number of hydrogen-bond acceptors (Lipinski definition) is 2. The molecule has 0 N–H and O–H groups in total. The Morgan fingerprint density at radius 2 is 1.39 bits per heavy atom. The molecule has 3 aromatic rings. The van der Waals surface area contributed by atoms with Crippen molar-refractivity contribution in [3.8, 4) is 22.3 Å².